The van der Waals surface area contributed by atoms with E-state index in [1.165, 1.54) is 12.8 Å². The van der Waals surface area contributed by atoms with E-state index < -0.39 is 0 Å². The summed E-state index contributed by atoms with van der Waals surface area (Å²) in [4.78, 5) is 4.47. The maximum atomic E-state index is 4.47. The fraction of sp³-hybridized carbons (Fsp3) is 0.909. The zero-order valence-electron chi connectivity index (χ0n) is 9.64. The Morgan fingerprint density at radius 3 is 2.71 bits per heavy atom. The molecule has 1 unspecified atom stereocenters. The van der Waals surface area contributed by atoms with Crippen molar-refractivity contribution in [1.82, 2.24) is 10.6 Å². The van der Waals surface area contributed by atoms with Crippen molar-refractivity contribution in [2.24, 2.45) is 4.99 Å². The van der Waals surface area contributed by atoms with Crippen molar-refractivity contribution in [3.8, 4) is 0 Å². The van der Waals surface area contributed by atoms with Gasteiger partial charge in [-0.25, -0.2) is 0 Å². The molecule has 0 aliphatic carbocycles. The Morgan fingerprint density at radius 1 is 1.43 bits per heavy atom. The SMILES string of the molecule is CCCC1CN=C(NC(CC)CC)N1. The lowest BCUT2D eigenvalue weighted by atomic mass is 10.2. The van der Waals surface area contributed by atoms with Crippen molar-refractivity contribution >= 4 is 5.96 Å². The second-order valence-corrected chi connectivity index (χ2v) is 3.98. The van der Waals surface area contributed by atoms with Gasteiger partial charge in [-0.05, 0) is 19.3 Å². The summed E-state index contributed by atoms with van der Waals surface area (Å²) in [6.45, 7) is 7.57. The van der Waals surface area contributed by atoms with Gasteiger partial charge >= 0.3 is 0 Å². The van der Waals surface area contributed by atoms with Gasteiger partial charge < -0.3 is 10.6 Å². The molecule has 0 fully saturated rings. The normalized spacial score (nSPS) is 20.9. The predicted molar refractivity (Wildman–Crippen MR) is 61.6 cm³/mol. The minimum absolute atomic E-state index is 0.567. The number of rotatable bonds is 5. The molecule has 0 spiro atoms. The van der Waals surface area contributed by atoms with Crippen molar-refractivity contribution in [1.29, 1.82) is 0 Å². The minimum Gasteiger partial charge on any atom is -0.354 e. The van der Waals surface area contributed by atoms with Crippen molar-refractivity contribution in [2.45, 2.75) is 58.5 Å². The summed E-state index contributed by atoms with van der Waals surface area (Å²) in [5, 5.41) is 6.87. The van der Waals surface area contributed by atoms with E-state index in [4.69, 9.17) is 0 Å². The van der Waals surface area contributed by atoms with Crippen molar-refractivity contribution in [3.63, 3.8) is 0 Å². The lowest BCUT2D eigenvalue weighted by molar-refractivity contribution is 0.548. The number of hydrogen-bond donors (Lipinski definition) is 2. The summed E-state index contributed by atoms with van der Waals surface area (Å²) in [7, 11) is 0. The van der Waals surface area contributed by atoms with Gasteiger partial charge in [0, 0.05) is 12.1 Å². The van der Waals surface area contributed by atoms with Gasteiger partial charge in [0.25, 0.3) is 0 Å². The summed E-state index contributed by atoms with van der Waals surface area (Å²) < 4.78 is 0. The molecule has 2 N–H and O–H groups in total. The van der Waals surface area contributed by atoms with Gasteiger partial charge in [0.05, 0.1) is 6.54 Å². The third-order valence-electron chi connectivity index (χ3n) is 2.77. The molecule has 3 nitrogen and oxygen atoms in total. The minimum atomic E-state index is 0.567. The third-order valence-corrected chi connectivity index (χ3v) is 2.77. The Kier molecular flexibility index (Phi) is 4.77. The van der Waals surface area contributed by atoms with Crippen molar-refractivity contribution < 1.29 is 0 Å². The maximum absolute atomic E-state index is 4.47. The second-order valence-electron chi connectivity index (χ2n) is 3.98. The van der Waals surface area contributed by atoms with Crippen LogP contribution in [-0.2, 0) is 0 Å². The standard InChI is InChI=1S/C11H23N3/c1-4-7-10-8-12-11(14-10)13-9(5-2)6-3/h9-10H,4-8H2,1-3H3,(H2,12,13,14). The summed E-state index contributed by atoms with van der Waals surface area (Å²) in [5.41, 5.74) is 0. The molecule has 82 valence electrons. The van der Waals surface area contributed by atoms with E-state index >= 15 is 0 Å². The fourth-order valence-electron chi connectivity index (χ4n) is 1.77. The number of nitrogens with one attached hydrogen (secondary N) is 2. The molecule has 0 amide bonds. The lowest BCUT2D eigenvalue weighted by Gasteiger charge is -2.17. The number of aliphatic imine (C=N–C) groups is 1. The van der Waals surface area contributed by atoms with Crippen LogP contribution in [0.4, 0.5) is 0 Å². The number of guanidine groups is 1. The molecular weight excluding hydrogens is 174 g/mol. The van der Waals surface area contributed by atoms with E-state index in [-0.39, 0.29) is 0 Å². The fourth-order valence-corrected chi connectivity index (χ4v) is 1.77. The van der Waals surface area contributed by atoms with E-state index in [2.05, 4.69) is 36.4 Å². The van der Waals surface area contributed by atoms with Crippen molar-refractivity contribution in [2.75, 3.05) is 6.54 Å². The van der Waals surface area contributed by atoms with Gasteiger partial charge in [-0.2, -0.15) is 0 Å². The van der Waals surface area contributed by atoms with E-state index in [9.17, 15) is 0 Å². The summed E-state index contributed by atoms with van der Waals surface area (Å²) in [6.07, 6.45) is 4.77. The first-order valence-electron chi connectivity index (χ1n) is 5.87. The first kappa shape index (κ1) is 11.3. The highest BCUT2D eigenvalue weighted by atomic mass is 15.2. The van der Waals surface area contributed by atoms with Crippen LogP contribution in [0.25, 0.3) is 0 Å². The summed E-state index contributed by atoms with van der Waals surface area (Å²) in [6, 6.07) is 1.14. The maximum Gasteiger partial charge on any atom is 0.191 e. The van der Waals surface area contributed by atoms with Crippen LogP contribution >= 0.6 is 0 Å². The van der Waals surface area contributed by atoms with Gasteiger partial charge in [-0.1, -0.05) is 27.2 Å². The van der Waals surface area contributed by atoms with E-state index in [0.29, 0.717) is 12.1 Å². The van der Waals surface area contributed by atoms with Gasteiger partial charge in [0.1, 0.15) is 0 Å². The van der Waals surface area contributed by atoms with Crippen LogP contribution in [-0.4, -0.2) is 24.6 Å². The van der Waals surface area contributed by atoms with E-state index in [1.807, 2.05) is 0 Å². The highest BCUT2D eigenvalue weighted by Gasteiger charge is 2.17. The quantitative estimate of drug-likeness (QED) is 0.706. The van der Waals surface area contributed by atoms with Crippen LogP contribution in [0, 0.1) is 0 Å². The molecule has 0 bridgehead atoms. The molecule has 1 aliphatic heterocycles. The van der Waals surface area contributed by atoms with Gasteiger partial charge in [0.15, 0.2) is 5.96 Å². The van der Waals surface area contributed by atoms with Gasteiger partial charge in [0.2, 0.25) is 0 Å². The molecule has 1 rings (SSSR count). The zero-order valence-corrected chi connectivity index (χ0v) is 9.64. The monoisotopic (exact) mass is 197 g/mol. The summed E-state index contributed by atoms with van der Waals surface area (Å²) in [5.74, 6) is 1.01. The molecule has 0 aromatic carbocycles. The van der Waals surface area contributed by atoms with Gasteiger partial charge in [-0.15, -0.1) is 0 Å². The molecule has 1 atom stereocenters. The average Bonchev–Trinajstić information content (AvgIpc) is 2.63. The molecule has 3 heteroatoms. The Balaban J connectivity index is 2.27. The van der Waals surface area contributed by atoms with Crippen molar-refractivity contribution in [3.05, 3.63) is 0 Å². The van der Waals surface area contributed by atoms with Crippen LogP contribution < -0.4 is 10.6 Å². The number of nitrogens with zero attached hydrogens (tertiary/aromatic N) is 1. The zero-order chi connectivity index (χ0) is 10.4. The predicted octanol–water partition coefficient (Wildman–Crippen LogP) is 1.89. The Bertz CT molecular complexity index is 185. The van der Waals surface area contributed by atoms with Crippen LogP contribution in [0.1, 0.15) is 46.5 Å². The lowest BCUT2D eigenvalue weighted by Crippen LogP contribution is -2.43. The molecule has 1 heterocycles. The molecule has 14 heavy (non-hydrogen) atoms. The number of hydrogen-bond acceptors (Lipinski definition) is 3. The molecule has 0 radical (unpaired) electrons. The molecule has 0 aromatic heterocycles. The molecule has 0 saturated heterocycles. The van der Waals surface area contributed by atoms with E-state index in [1.54, 1.807) is 0 Å². The Labute approximate surface area is 87.4 Å². The molecular formula is C11H23N3. The van der Waals surface area contributed by atoms with Crippen LogP contribution in [0.5, 0.6) is 0 Å². The Morgan fingerprint density at radius 2 is 2.14 bits per heavy atom. The second kappa shape index (κ2) is 5.89. The Hall–Kier alpha value is -0.730. The first-order valence-corrected chi connectivity index (χ1v) is 5.87. The average molecular weight is 197 g/mol. The molecule has 0 aromatic rings. The highest BCUT2D eigenvalue weighted by molar-refractivity contribution is 5.82. The van der Waals surface area contributed by atoms with E-state index in [0.717, 1.165) is 25.3 Å². The first-order chi connectivity index (χ1) is 6.80. The molecule has 0 saturated carbocycles. The van der Waals surface area contributed by atoms with Crippen LogP contribution in [0.3, 0.4) is 0 Å². The highest BCUT2D eigenvalue weighted by Crippen LogP contribution is 2.04. The topological polar surface area (TPSA) is 36.4 Å². The van der Waals surface area contributed by atoms with Gasteiger partial charge in [-0.3, -0.25) is 4.99 Å². The third kappa shape index (κ3) is 3.20. The van der Waals surface area contributed by atoms with Crippen LogP contribution in [0.15, 0.2) is 4.99 Å². The molecule has 1 aliphatic rings. The summed E-state index contributed by atoms with van der Waals surface area (Å²) >= 11 is 0. The van der Waals surface area contributed by atoms with Crippen LogP contribution in [0.2, 0.25) is 0 Å². The largest absolute Gasteiger partial charge is 0.354 e. The smallest absolute Gasteiger partial charge is 0.191 e.